The van der Waals surface area contributed by atoms with Crippen LogP contribution in [0.4, 0.5) is 4.39 Å². The molecule has 1 aliphatic rings. The summed E-state index contributed by atoms with van der Waals surface area (Å²) >= 11 is 1.35. The minimum absolute atomic E-state index is 0.0375. The molecule has 0 radical (unpaired) electrons. The van der Waals surface area contributed by atoms with E-state index in [4.69, 9.17) is 4.74 Å². The second-order valence-electron chi connectivity index (χ2n) is 5.85. The van der Waals surface area contributed by atoms with Crippen molar-refractivity contribution in [1.29, 1.82) is 0 Å². The normalized spacial score (nSPS) is 16.0. The molecule has 2 heterocycles. The molecule has 0 aliphatic carbocycles. The van der Waals surface area contributed by atoms with Crippen LogP contribution in [0.25, 0.3) is 10.1 Å². The van der Waals surface area contributed by atoms with Crippen molar-refractivity contribution in [2.75, 3.05) is 27.2 Å². The van der Waals surface area contributed by atoms with E-state index in [1.807, 2.05) is 18.0 Å². The lowest BCUT2D eigenvalue weighted by atomic mass is 10.0. The molecule has 1 aromatic carbocycles. The van der Waals surface area contributed by atoms with E-state index in [0.717, 1.165) is 30.6 Å². The number of methoxy groups -OCH3 is 1. The molecule has 1 N–H and O–H groups in total. The third-order valence-electron chi connectivity index (χ3n) is 4.42. The molecule has 6 heteroatoms. The minimum atomic E-state index is -0.297. The molecule has 0 bridgehead atoms. The number of piperidine rings is 1. The molecule has 1 saturated heterocycles. The van der Waals surface area contributed by atoms with Crippen LogP contribution in [-0.2, 0) is 11.3 Å². The third-order valence-corrected chi connectivity index (χ3v) is 5.61. The van der Waals surface area contributed by atoms with Crippen LogP contribution in [0.1, 0.15) is 28.1 Å². The van der Waals surface area contributed by atoms with E-state index >= 15 is 0 Å². The van der Waals surface area contributed by atoms with Gasteiger partial charge in [-0.1, -0.05) is 6.07 Å². The maximum Gasteiger partial charge on any atom is 0.264 e. The molecular formula is C17H21FN2O2S. The molecule has 1 amide bonds. The van der Waals surface area contributed by atoms with Gasteiger partial charge in [-0.05, 0) is 38.1 Å². The summed E-state index contributed by atoms with van der Waals surface area (Å²) in [6.07, 6.45) is 1.89. The Balaban J connectivity index is 1.99. The fourth-order valence-electron chi connectivity index (χ4n) is 3.14. The molecule has 23 heavy (non-hydrogen) atoms. The van der Waals surface area contributed by atoms with E-state index in [0.29, 0.717) is 15.8 Å². The molecule has 124 valence electrons. The zero-order valence-electron chi connectivity index (χ0n) is 13.4. The first-order chi connectivity index (χ1) is 11.1. The van der Waals surface area contributed by atoms with Gasteiger partial charge >= 0.3 is 0 Å². The van der Waals surface area contributed by atoms with E-state index in [-0.39, 0.29) is 24.4 Å². The number of halogens is 1. The van der Waals surface area contributed by atoms with Gasteiger partial charge in [-0.15, -0.1) is 11.3 Å². The smallest absolute Gasteiger partial charge is 0.264 e. The Morgan fingerprint density at radius 3 is 2.87 bits per heavy atom. The highest BCUT2D eigenvalue weighted by Crippen LogP contribution is 2.35. The van der Waals surface area contributed by atoms with Crippen molar-refractivity contribution in [3.05, 3.63) is 34.5 Å². The molecule has 0 saturated carbocycles. The molecule has 1 aromatic heterocycles. The van der Waals surface area contributed by atoms with Gasteiger partial charge in [0.1, 0.15) is 5.82 Å². The van der Waals surface area contributed by atoms with Crippen molar-refractivity contribution < 1.29 is 13.9 Å². The van der Waals surface area contributed by atoms with Crippen molar-refractivity contribution in [3.8, 4) is 0 Å². The number of benzene rings is 1. The van der Waals surface area contributed by atoms with Crippen LogP contribution < -0.4 is 5.32 Å². The van der Waals surface area contributed by atoms with E-state index in [1.165, 1.54) is 17.4 Å². The van der Waals surface area contributed by atoms with Gasteiger partial charge in [0, 0.05) is 35.8 Å². The Bertz CT molecular complexity index is 710. The van der Waals surface area contributed by atoms with Crippen LogP contribution in [0.2, 0.25) is 0 Å². The number of hydrogen-bond acceptors (Lipinski definition) is 4. The number of rotatable bonds is 4. The Morgan fingerprint density at radius 1 is 1.43 bits per heavy atom. The number of carbonyl (C=O) groups excluding carboxylic acids is 1. The van der Waals surface area contributed by atoms with Crippen LogP contribution in [0.3, 0.4) is 0 Å². The second kappa shape index (κ2) is 6.95. The standard InChI is InChI=1S/C17H21FN2O2S/c1-20(11-6-8-19-9-7-11)17(21)16-12(10-22-2)15-13(18)4-3-5-14(15)23-16/h3-5,11,19H,6-10H2,1-2H3. The largest absolute Gasteiger partial charge is 0.380 e. The molecular weight excluding hydrogens is 315 g/mol. The maximum atomic E-state index is 14.2. The molecule has 0 atom stereocenters. The summed E-state index contributed by atoms with van der Waals surface area (Å²) < 4.78 is 20.2. The van der Waals surface area contributed by atoms with Crippen LogP contribution >= 0.6 is 11.3 Å². The third kappa shape index (κ3) is 3.11. The van der Waals surface area contributed by atoms with Crippen LogP contribution in [0.5, 0.6) is 0 Å². The average Bonchev–Trinajstić information content (AvgIpc) is 2.95. The zero-order chi connectivity index (χ0) is 16.4. The molecule has 4 nitrogen and oxygen atoms in total. The summed E-state index contributed by atoms with van der Waals surface area (Å²) in [5, 5.41) is 3.82. The van der Waals surface area contributed by atoms with Gasteiger partial charge in [0.25, 0.3) is 5.91 Å². The summed E-state index contributed by atoms with van der Waals surface area (Å²) in [5.41, 5.74) is 0.663. The van der Waals surface area contributed by atoms with Gasteiger partial charge in [0.05, 0.1) is 11.5 Å². The topological polar surface area (TPSA) is 41.6 Å². The lowest BCUT2D eigenvalue weighted by molar-refractivity contribution is 0.0704. The quantitative estimate of drug-likeness (QED) is 0.933. The SMILES string of the molecule is COCc1c(C(=O)N(C)C2CCNCC2)sc2cccc(F)c12. The average molecular weight is 336 g/mol. The summed E-state index contributed by atoms with van der Waals surface area (Å²) in [6, 6.07) is 5.19. The predicted octanol–water partition coefficient (Wildman–Crippen LogP) is 3.01. The molecule has 0 unspecified atom stereocenters. The highest BCUT2D eigenvalue weighted by Gasteiger charge is 2.27. The number of carbonyl (C=O) groups is 1. The lowest BCUT2D eigenvalue weighted by Crippen LogP contribution is -2.43. The fraction of sp³-hybridized carbons (Fsp3) is 0.471. The van der Waals surface area contributed by atoms with Crippen LogP contribution in [-0.4, -0.2) is 44.1 Å². The molecule has 2 aromatic rings. The molecule has 3 rings (SSSR count). The van der Waals surface area contributed by atoms with Crippen LogP contribution in [0, 0.1) is 5.82 Å². The Labute approximate surface area is 139 Å². The van der Waals surface area contributed by atoms with E-state index < -0.39 is 0 Å². The highest BCUT2D eigenvalue weighted by atomic mass is 32.1. The van der Waals surface area contributed by atoms with Crippen molar-refractivity contribution in [1.82, 2.24) is 10.2 Å². The molecule has 0 spiro atoms. The van der Waals surface area contributed by atoms with Gasteiger partial charge in [-0.2, -0.15) is 0 Å². The van der Waals surface area contributed by atoms with Gasteiger partial charge in [-0.25, -0.2) is 4.39 Å². The van der Waals surface area contributed by atoms with Crippen molar-refractivity contribution >= 4 is 27.3 Å². The van der Waals surface area contributed by atoms with Gasteiger partial charge in [0.2, 0.25) is 0 Å². The minimum Gasteiger partial charge on any atom is -0.380 e. The first kappa shape index (κ1) is 16.4. The summed E-state index contributed by atoms with van der Waals surface area (Å²) in [6.45, 7) is 2.09. The first-order valence-electron chi connectivity index (χ1n) is 7.80. The number of ether oxygens (including phenoxy) is 1. The van der Waals surface area contributed by atoms with Crippen LogP contribution in [0.15, 0.2) is 18.2 Å². The number of amides is 1. The van der Waals surface area contributed by atoms with E-state index in [9.17, 15) is 9.18 Å². The second-order valence-corrected chi connectivity index (χ2v) is 6.91. The maximum absolute atomic E-state index is 14.2. The highest BCUT2D eigenvalue weighted by molar-refractivity contribution is 7.21. The summed E-state index contributed by atoms with van der Waals surface area (Å²) in [5.74, 6) is -0.334. The lowest BCUT2D eigenvalue weighted by Gasteiger charge is -2.31. The van der Waals surface area contributed by atoms with Crippen molar-refractivity contribution in [2.45, 2.75) is 25.5 Å². The number of nitrogens with one attached hydrogen (secondary N) is 1. The van der Waals surface area contributed by atoms with E-state index in [1.54, 1.807) is 13.2 Å². The summed E-state index contributed by atoms with van der Waals surface area (Å²) in [4.78, 5) is 15.4. The molecule has 1 fully saturated rings. The number of hydrogen-bond donors (Lipinski definition) is 1. The van der Waals surface area contributed by atoms with Crippen molar-refractivity contribution in [3.63, 3.8) is 0 Å². The number of thiophene rings is 1. The van der Waals surface area contributed by atoms with E-state index in [2.05, 4.69) is 5.32 Å². The van der Waals surface area contributed by atoms with Gasteiger partial charge < -0.3 is 15.0 Å². The first-order valence-corrected chi connectivity index (χ1v) is 8.61. The zero-order valence-corrected chi connectivity index (χ0v) is 14.2. The fourth-order valence-corrected chi connectivity index (χ4v) is 4.35. The van der Waals surface area contributed by atoms with Gasteiger partial charge in [0.15, 0.2) is 0 Å². The monoisotopic (exact) mass is 336 g/mol. The number of nitrogens with zero attached hydrogens (tertiary/aromatic N) is 1. The van der Waals surface area contributed by atoms with Crippen molar-refractivity contribution in [2.24, 2.45) is 0 Å². The predicted molar refractivity (Wildman–Crippen MR) is 90.5 cm³/mol. The number of fused-ring (bicyclic) bond motifs is 1. The summed E-state index contributed by atoms with van der Waals surface area (Å²) in [7, 11) is 3.41. The van der Waals surface area contributed by atoms with Gasteiger partial charge in [-0.3, -0.25) is 4.79 Å². The molecule has 1 aliphatic heterocycles. The Kier molecular flexibility index (Phi) is 4.94. The Hall–Kier alpha value is -1.50. The Morgan fingerprint density at radius 2 is 2.17 bits per heavy atom.